The summed E-state index contributed by atoms with van der Waals surface area (Å²) in [6.45, 7) is 1.19. The second kappa shape index (κ2) is 21.8. The Bertz CT molecular complexity index is 338. The van der Waals surface area contributed by atoms with Gasteiger partial charge in [0.25, 0.3) is 10.1 Å². The molecule has 0 heterocycles. The third-order valence-electron chi connectivity index (χ3n) is 1.16. The number of hydrogen-bond donors (Lipinski definition) is 5. The van der Waals surface area contributed by atoms with Crippen molar-refractivity contribution in [1.29, 1.82) is 0 Å². The van der Waals surface area contributed by atoms with Crippen molar-refractivity contribution < 1.29 is 32.8 Å². The normalized spacial score (nSPS) is 9.75. The van der Waals surface area contributed by atoms with E-state index in [1.165, 1.54) is 0 Å². The molecule has 14 heteroatoms. The van der Waals surface area contributed by atoms with Crippen LogP contribution in [0.15, 0.2) is 0 Å². The van der Waals surface area contributed by atoms with E-state index in [0.717, 1.165) is 0 Å². The molecule has 0 aliphatic heterocycles. The van der Waals surface area contributed by atoms with Crippen molar-refractivity contribution in [2.75, 3.05) is 13.1 Å². The molecule has 0 aliphatic rings. The van der Waals surface area contributed by atoms with Crippen molar-refractivity contribution in [3.63, 3.8) is 0 Å². The van der Waals surface area contributed by atoms with Crippen LogP contribution in [0.5, 0.6) is 0 Å². The molecule has 0 saturated carbocycles. The first-order valence-corrected chi connectivity index (χ1v) is 5.48. The predicted octanol–water partition coefficient (Wildman–Crippen LogP) is -4.89. The maximum atomic E-state index is 10.2. The topological polar surface area (TPSA) is 181 Å². The molecular weight excluding hydrogens is 336 g/mol. The van der Waals surface area contributed by atoms with Crippen LogP contribution in [-0.4, -0.2) is 172 Å². The zero-order valence-corrected chi connectivity index (χ0v) is 9.05. The number of rotatable bonds is 5. The van der Waals surface area contributed by atoms with Crippen LogP contribution in [0.2, 0.25) is 0 Å². The van der Waals surface area contributed by atoms with Gasteiger partial charge in [0.2, 0.25) is 0 Å². The molecule has 0 bridgehead atoms. The van der Waals surface area contributed by atoms with Gasteiger partial charge in [0, 0.05) is 13.1 Å². The van der Waals surface area contributed by atoms with Gasteiger partial charge in [-0.15, -0.1) is 0 Å². The van der Waals surface area contributed by atoms with Gasteiger partial charge in [-0.3, -0.25) is 14.1 Å². The van der Waals surface area contributed by atoms with Crippen LogP contribution in [0.1, 0.15) is 6.42 Å². The number of carboxylic acids is 2. The monoisotopic (exact) mass is 354 g/mol. The molecule has 0 aromatic heterocycles. The molecular formula is C6H18N2Na4O7S. The van der Waals surface area contributed by atoms with Gasteiger partial charge in [-0.25, -0.2) is 0 Å². The van der Waals surface area contributed by atoms with E-state index in [9.17, 15) is 18.0 Å². The van der Waals surface area contributed by atoms with Crippen LogP contribution in [0.25, 0.3) is 0 Å². The van der Waals surface area contributed by atoms with Crippen molar-refractivity contribution in [3.8, 4) is 0 Å². The summed E-state index contributed by atoms with van der Waals surface area (Å²) in [6, 6.07) is 0. The van der Waals surface area contributed by atoms with E-state index in [2.05, 4.69) is 0 Å². The van der Waals surface area contributed by atoms with Crippen molar-refractivity contribution in [2.45, 2.75) is 11.7 Å². The van der Waals surface area contributed by atoms with Gasteiger partial charge >= 0.3 is 130 Å². The number of nitrogens with two attached hydrogens (primary N) is 2. The summed E-state index contributed by atoms with van der Waals surface area (Å²) < 4.78 is 28.7. The molecule has 9 nitrogen and oxygen atoms in total. The van der Waals surface area contributed by atoms with E-state index in [4.69, 9.17) is 26.2 Å². The Labute approximate surface area is 205 Å². The second-order valence-corrected chi connectivity index (χ2v) is 4.12. The molecule has 0 radical (unpaired) electrons. The molecule has 0 spiro atoms. The zero-order valence-electron chi connectivity index (χ0n) is 8.24. The zero-order chi connectivity index (χ0) is 13.4. The molecule has 0 aliphatic carbocycles. The molecule has 0 amide bonds. The van der Waals surface area contributed by atoms with Gasteiger partial charge in [-0.2, -0.15) is 8.42 Å². The standard InChI is InChI=1S/C4H6O7S.C2H8N2.4Na.4H/c5-3(6)1-2(4(7)8)12(9,10)11;3-1-2-4;;;;;;;;/h2H,1H2,(H,5,6)(H,7,8)(H,9,10,11);1-4H2;;;;;;;;. The fourth-order valence-electron chi connectivity index (χ4n) is 0.479. The van der Waals surface area contributed by atoms with Crippen LogP contribution >= 0.6 is 0 Å². The van der Waals surface area contributed by atoms with Crippen molar-refractivity contribution in [2.24, 2.45) is 11.5 Å². The van der Waals surface area contributed by atoms with Gasteiger partial charge in [0.15, 0.2) is 5.25 Å². The van der Waals surface area contributed by atoms with Crippen molar-refractivity contribution in [1.82, 2.24) is 0 Å². The van der Waals surface area contributed by atoms with E-state index < -0.39 is 33.7 Å². The first-order valence-electron chi connectivity index (χ1n) is 3.97. The van der Waals surface area contributed by atoms with Gasteiger partial charge in [0.05, 0.1) is 6.42 Å². The minimum atomic E-state index is -4.84. The van der Waals surface area contributed by atoms with Crippen LogP contribution in [-0.2, 0) is 19.7 Å². The third-order valence-corrected chi connectivity index (χ3v) is 2.25. The quantitative estimate of drug-likeness (QED) is 0.239. The van der Waals surface area contributed by atoms with Gasteiger partial charge in [-0.1, -0.05) is 0 Å². The fraction of sp³-hybridized carbons (Fsp3) is 0.667. The Hall–Kier alpha value is 2.77. The van der Waals surface area contributed by atoms with Gasteiger partial charge < -0.3 is 21.7 Å². The SMILES string of the molecule is NCCN.O=C(O)CC(C(=O)O)S(=O)(=O)O.[NaH].[NaH].[NaH].[NaH]. The first-order chi connectivity index (χ1) is 7.16. The average molecular weight is 354 g/mol. The Balaban J connectivity index is -0.0000000547. The average Bonchev–Trinajstić information content (AvgIpc) is 2.12. The summed E-state index contributed by atoms with van der Waals surface area (Å²) >= 11 is 0. The molecule has 1 atom stereocenters. The van der Waals surface area contributed by atoms with E-state index in [1.54, 1.807) is 0 Å². The van der Waals surface area contributed by atoms with Crippen LogP contribution in [0.3, 0.4) is 0 Å². The van der Waals surface area contributed by atoms with E-state index in [-0.39, 0.29) is 118 Å². The summed E-state index contributed by atoms with van der Waals surface area (Å²) in [7, 11) is -4.84. The second-order valence-electron chi connectivity index (χ2n) is 2.52. The van der Waals surface area contributed by atoms with Crippen molar-refractivity contribution in [3.05, 3.63) is 0 Å². The molecule has 0 aromatic rings. The Kier molecular flexibility index (Phi) is 41.8. The Morgan fingerprint density at radius 2 is 1.25 bits per heavy atom. The molecule has 0 aromatic carbocycles. The summed E-state index contributed by atoms with van der Waals surface area (Å²) in [5, 5.41) is 13.9. The molecule has 0 rings (SSSR count). The Morgan fingerprint density at radius 3 is 1.30 bits per heavy atom. The third kappa shape index (κ3) is 25.7. The van der Waals surface area contributed by atoms with E-state index in [1.807, 2.05) is 0 Å². The predicted molar refractivity (Wildman–Crippen MR) is 81.9 cm³/mol. The summed E-state index contributed by atoms with van der Waals surface area (Å²) in [5.74, 6) is -3.50. The molecule has 20 heavy (non-hydrogen) atoms. The van der Waals surface area contributed by atoms with Crippen LogP contribution in [0, 0.1) is 0 Å². The number of hydrogen-bond acceptors (Lipinski definition) is 6. The molecule has 104 valence electrons. The summed E-state index contributed by atoms with van der Waals surface area (Å²) in [4.78, 5) is 20.0. The minimum absolute atomic E-state index is 0. The molecule has 1 unspecified atom stereocenters. The van der Waals surface area contributed by atoms with Gasteiger partial charge in [-0.05, 0) is 0 Å². The van der Waals surface area contributed by atoms with Gasteiger partial charge in [0.1, 0.15) is 0 Å². The molecule has 0 fully saturated rings. The van der Waals surface area contributed by atoms with Crippen molar-refractivity contribution >= 4 is 140 Å². The fourth-order valence-corrected chi connectivity index (χ4v) is 1.09. The Morgan fingerprint density at radius 1 is 0.950 bits per heavy atom. The number of carboxylic acid groups (broad SMARTS) is 2. The molecule has 0 saturated heterocycles. The van der Waals surface area contributed by atoms with Crippen LogP contribution in [0.4, 0.5) is 0 Å². The molecule has 7 N–H and O–H groups in total. The van der Waals surface area contributed by atoms with E-state index in [0.29, 0.717) is 13.1 Å². The van der Waals surface area contributed by atoms with E-state index >= 15 is 0 Å². The summed E-state index contributed by atoms with van der Waals surface area (Å²) in [6.07, 6.45) is -1.16. The van der Waals surface area contributed by atoms with Crippen LogP contribution < -0.4 is 11.5 Å². The first kappa shape index (κ1) is 38.4. The number of carbonyl (C=O) groups is 2. The summed E-state index contributed by atoms with van der Waals surface area (Å²) in [5.41, 5.74) is 9.81. The number of aliphatic carboxylic acids is 2. The maximum absolute atomic E-state index is 10.2.